The molecule has 0 spiro atoms. The average molecular weight is 509 g/mol. The Bertz CT molecular complexity index is 865. The minimum atomic E-state index is -5.71. The van der Waals surface area contributed by atoms with Crippen molar-refractivity contribution < 1.29 is 45.8 Å². The molecule has 13 heteroatoms. The maximum absolute atomic E-state index is 12.7. The van der Waals surface area contributed by atoms with Crippen molar-refractivity contribution in [2.24, 2.45) is 0 Å². The van der Waals surface area contributed by atoms with Crippen LogP contribution in [0.15, 0.2) is 28.8 Å². The number of aromatic hydroxyl groups is 1. The van der Waals surface area contributed by atoms with E-state index in [-0.39, 0.29) is 3.57 Å². The first-order valence-corrected chi connectivity index (χ1v) is 8.90. The highest BCUT2D eigenvalue weighted by atomic mass is 127. The number of ether oxygens (including phenoxy) is 2. The SMILES string of the molecule is COC(=O)/C=C(/Nc1cc(S(=O)(=O)C(F)(F)F)cc(I)c1O)C(=O)OC. The third-order valence-corrected chi connectivity index (χ3v) is 5.08. The van der Waals surface area contributed by atoms with Crippen LogP contribution >= 0.6 is 22.6 Å². The van der Waals surface area contributed by atoms with Crippen molar-refractivity contribution in [1.82, 2.24) is 0 Å². The van der Waals surface area contributed by atoms with Crippen LogP contribution in [0, 0.1) is 3.57 Å². The lowest BCUT2D eigenvalue weighted by Crippen LogP contribution is -2.23. The zero-order valence-electron chi connectivity index (χ0n) is 13.0. The number of benzene rings is 1. The molecule has 0 fully saturated rings. The number of rotatable bonds is 5. The van der Waals surface area contributed by atoms with Gasteiger partial charge in [-0.1, -0.05) is 0 Å². The highest BCUT2D eigenvalue weighted by Gasteiger charge is 2.47. The molecule has 0 unspecified atom stereocenters. The number of hydrogen-bond donors (Lipinski definition) is 2. The van der Waals surface area contributed by atoms with E-state index >= 15 is 0 Å². The molecule has 0 saturated carbocycles. The molecule has 1 aromatic rings. The number of anilines is 1. The third kappa shape index (κ3) is 4.78. The second kappa shape index (κ2) is 8.11. The van der Waals surface area contributed by atoms with Crippen LogP contribution in [0.3, 0.4) is 0 Å². The largest absolute Gasteiger partial charge is 0.505 e. The van der Waals surface area contributed by atoms with E-state index in [1.807, 2.05) is 0 Å². The predicted molar refractivity (Wildman–Crippen MR) is 89.8 cm³/mol. The van der Waals surface area contributed by atoms with Gasteiger partial charge in [-0.15, -0.1) is 0 Å². The van der Waals surface area contributed by atoms with Crippen molar-refractivity contribution in [3.05, 3.63) is 27.5 Å². The van der Waals surface area contributed by atoms with Gasteiger partial charge in [0.15, 0.2) is 5.75 Å². The predicted octanol–water partition coefficient (Wildman–Crippen LogP) is 1.93. The molecule has 1 aromatic carbocycles. The number of nitrogens with one attached hydrogen (secondary N) is 1. The molecule has 0 aliphatic carbocycles. The van der Waals surface area contributed by atoms with Crippen molar-refractivity contribution in [2.45, 2.75) is 10.4 Å². The van der Waals surface area contributed by atoms with Crippen LogP contribution in [0.4, 0.5) is 18.9 Å². The summed E-state index contributed by atoms with van der Waals surface area (Å²) in [4.78, 5) is 21.8. The number of halogens is 4. The van der Waals surface area contributed by atoms with Crippen LogP contribution < -0.4 is 5.32 Å². The van der Waals surface area contributed by atoms with Gasteiger partial charge in [-0.3, -0.25) is 0 Å². The van der Waals surface area contributed by atoms with Crippen LogP contribution in [0.25, 0.3) is 0 Å². The fraction of sp³-hybridized carbons (Fsp3) is 0.231. The Morgan fingerprint density at radius 2 is 1.81 bits per heavy atom. The fourth-order valence-corrected chi connectivity index (χ4v) is 3.19. The Hall–Kier alpha value is -2.03. The molecule has 0 atom stereocenters. The molecule has 144 valence electrons. The summed E-state index contributed by atoms with van der Waals surface area (Å²) in [5.74, 6) is -2.77. The van der Waals surface area contributed by atoms with Gasteiger partial charge < -0.3 is 19.9 Å². The molecule has 0 aromatic heterocycles. The number of methoxy groups -OCH3 is 2. The van der Waals surface area contributed by atoms with Crippen LogP contribution in [0.5, 0.6) is 5.75 Å². The minimum Gasteiger partial charge on any atom is -0.505 e. The van der Waals surface area contributed by atoms with E-state index in [1.54, 1.807) is 0 Å². The van der Waals surface area contributed by atoms with Gasteiger partial charge in [0, 0.05) is 0 Å². The lowest BCUT2D eigenvalue weighted by molar-refractivity contribution is -0.138. The summed E-state index contributed by atoms with van der Waals surface area (Å²) >= 11 is 1.40. The van der Waals surface area contributed by atoms with Crippen LogP contribution in [-0.2, 0) is 28.9 Å². The number of carbonyl (C=O) groups excluding carboxylic acids is 2. The van der Waals surface area contributed by atoms with Gasteiger partial charge in [0.25, 0.3) is 9.84 Å². The van der Waals surface area contributed by atoms with Crippen molar-refractivity contribution in [2.75, 3.05) is 19.5 Å². The molecule has 1 rings (SSSR count). The van der Waals surface area contributed by atoms with Gasteiger partial charge in [0.1, 0.15) is 5.70 Å². The number of sulfone groups is 1. The smallest absolute Gasteiger partial charge is 0.501 e. The van der Waals surface area contributed by atoms with Crippen LogP contribution in [0.2, 0.25) is 0 Å². The summed E-state index contributed by atoms with van der Waals surface area (Å²) in [6, 6.07) is 1.07. The Labute approximate surface area is 159 Å². The second-order valence-corrected chi connectivity index (χ2v) is 7.55. The van der Waals surface area contributed by atoms with Gasteiger partial charge in [0.05, 0.1) is 34.4 Å². The van der Waals surface area contributed by atoms with Crippen LogP contribution in [0.1, 0.15) is 0 Å². The maximum atomic E-state index is 12.7. The topological polar surface area (TPSA) is 119 Å². The van der Waals surface area contributed by atoms with E-state index in [0.717, 1.165) is 14.2 Å². The highest BCUT2D eigenvalue weighted by molar-refractivity contribution is 14.1. The summed E-state index contributed by atoms with van der Waals surface area (Å²) in [5, 5.41) is 12.1. The van der Waals surface area contributed by atoms with Crippen LogP contribution in [-0.4, -0.2) is 45.2 Å². The molecule has 0 aliphatic heterocycles. The van der Waals surface area contributed by atoms with E-state index in [2.05, 4.69) is 14.8 Å². The Morgan fingerprint density at radius 1 is 1.23 bits per heavy atom. The number of phenolic OH excluding ortho intramolecular Hbond substituents is 1. The lowest BCUT2D eigenvalue weighted by atomic mass is 10.2. The zero-order chi connectivity index (χ0) is 20.3. The van der Waals surface area contributed by atoms with Crippen molar-refractivity contribution in [3.8, 4) is 5.75 Å². The molecular formula is C13H11F3INO7S. The molecule has 0 amide bonds. The number of esters is 2. The van der Waals surface area contributed by atoms with Gasteiger partial charge in [-0.05, 0) is 34.7 Å². The Kier molecular flexibility index (Phi) is 6.87. The third-order valence-electron chi connectivity index (χ3n) is 2.79. The first-order valence-electron chi connectivity index (χ1n) is 6.34. The summed E-state index contributed by atoms with van der Waals surface area (Å²) in [6.45, 7) is 0. The monoisotopic (exact) mass is 509 g/mol. The molecule has 0 bridgehead atoms. The van der Waals surface area contributed by atoms with E-state index < -0.39 is 49.3 Å². The molecule has 2 N–H and O–H groups in total. The summed E-state index contributed by atoms with van der Waals surface area (Å²) in [5.41, 5.74) is -6.75. The van der Waals surface area contributed by atoms with Gasteiger partial charge in [0.2, 0.25) is 0 Å². The fourth-order valence-electron chi connectivity index (χ4n) is 1.54. The average Bonchev–Trinajstić information content (AvgIpc) is 2.55. The molecule has 0 heterocycles. The van der Waals surface area contributed by atoms with Gasteiger partial charge in [-0.25, -0.2) is 18.0 Å². The molecule has 8 nitrogen and oxygen atoms in total. The van der Waals surface area contributed by atoms with Gasteiger partial charge >= 0.3 is 17.4 Å². The maximum Gasteiger partial charge on any atom is 0.501 e. The van der Waals surface area contributed by atoms with Crippen molar-refractivity contribution in [3.63, 3.8) is 0 Å². The van der Waals surface area contributed by atoms with Crippen molar-refractivity contribution in [1.29, 1.82) is 0 Å². The van der Waals surface area contributed by atoms with E-state index in [4.69, 9.17) is 0 Å². The highest BCUT2D eigenvalue weighted by Crippen LogP contribution is 2.37. The number of carbonyl (C=O) groups is 2. The number of phenols is 1. The number of hydrogen-bond acceptors (Lipinski definition) is 8. The standard InChI is InChI=1S/C13H11F3INO7S/c1-24-10(19)5-9(12(21)25-2)18-8-4-6(3-7(17)11(8)20)26(22,23)13(14,15)16/h3-5,18,20H,1-2H3/b9-5+. The number of alkyl halides is 3. The van der Waals surface area contributed by atoms with E-state index in [0.29, 0.717) is 18.2 Å². The Morgan fingerprint density at radius 3 is 2.27 bits per heavy atom. The van der Waals surface area contributed by atoms with E-state index in [1.165, 1.54) is 22.6 Å². The van der Waals surface area contributed by atoms with E-state index in [9.17, 15) is 36.3 Å². The molecular weight excluding hydrogens is 498 g/mol. The quantitative estimate of drug-likeness (QED) is 0.268. The summed E-state index contributed by atoms with van der Waals surface area (Å²) < 4.78 is 69.7. The first-order chi connectivity index (χ1) is 11.8. The molecule has 26 heavy (non-hydrogen) atoms. The molecule has 0 aliphatic rings. The first kappa shape index (κ1) is 22.0. The molecule has 0 saturated heterocycles. The van der Waals surface area contributed by atoms with Gasteiger partial charge in [-0.2, -0.15) is 13.2 Å². The summed E-state index contributed by atoms with van der Waals surface area (Å²) in [7, 11) is -3.74. The van der Waals surface area contributed by atoms with Crippen molar-refractivity contribution >= 4 is 50.1 Å². The minimum absolute atomic E-state index is 0.252. The zero-order valence-corrected chi connectivity index (χ0v) is 16.0. The molecule has 0 radical (unpaired) electrons. The lowest BCUT2D eigenvalue weighted by Gasteiger charge is -2.14. The summed E-state index contributed by atoms with van der Waals surface area (Å²) in [6.07, 6.45) is 0.614. The Balaban J connectivity index is 3.51. The second-order valence-electron chi connectivity index (χ2n) is 4.45. The normalized spacial score (nSPS) is 12.5.